The molecule has 11 heteroatoms. The molecule has 0 saturated carbocycles. The number of likely N-dealkylation sites (N-methyl/N-ethyl adjacent to an activating group) is 1. The molecule has 0 unspecified atom stereocenters. The molecule has 1 aliphatic rings. The van der Waals surface area contributed by atoms with Gasteiger partial charge in [0, 0.05) is 71.6 Å². The number of piperazine rings is 1. The van der Waals surface area contributed by atoms with Crippen LogP contribution in [0, 0.1) is 13.8 Å². The van der Waals surface area contributed by atoms with Crippen LogP contribution < -0.4 is 15.5 Å². The molecule has 3 heterocycles. The van der Waals surface area contributed by atoms with E-state index in [0.717, 1.165) is 41.2 Å². The highest BCUT2D eigenvalue weighted by Gasteiger charge is 2.32. The standard InChI is InChI=1S/C31H30F3N5O2S/c1-19-10-28(42-18-19)22-11-23(17-35-16-22)30(41)37-27-12-21(5-4-20(27)2)29(40)36-25-13-24(31(32,33)34)14-26(15-25)39-8-6-38(3)7-9-39/h4-5,10-18H,6-9H2,1-3H3,(H,36,40)(H,37,41). The minimum atomic E-state index is -4.57. The summed E-state index contributed by atoms with van der Waals surface area (Å²) in [6.07, 6.45) is -1.41. The van der Waals surface area contributed by atoms with E-state index in [2.05, 4.69) is 20.5 Å². The number of nitrogens with zero attached hydrogens (tertiary/aromatic N) is 3. The first-order chi connectivity index (χ1) is 20.0. The molecular weight excluding hydrogens is 563 g/mol. The third-order valence-electron chi connectivity index (χ3n) is 7.13. The Hall–Kier alpha value is -4.22. The number of halogens is 3. The number of thiophene rings is 1. The van der Waals surface area contributed by atoms with Crippen molar-refractivity contribution >= 4 is 40.2 Å². The highest BCUT2D eigenvalue weighted by Crippen LogP contribution is 2.35. The van der Waals surface area contributed by atoms with Crippen LogP contribution in [0.5, 0.6) is 0 Å². The van der Waals surface area contributed by atoms with E-state index < -0.39 is 23.6 Å². The van der Waals surface area contributed by atoms with Crippen molar-refractivity contribution in [3.8, 4) is 10.4 Å². The zero-order valence-corrected chi connectivity index (χ0v) is 24.2. The van der Waals surface area contributed by atoms with Crippen molar-refractivity contribution in [1.82, 2.24) is 9.88 Å². The summed E-state index contributed by atoms with van der Waals surface area (Å²) in [5.74, 6) is -0.987. The van der Waals surface area contributed by atoms with E-state index in [1.165, 1.54) is 12.3 Å². The normalized spacial score (nSPS) is 14.1. The molecule has 1 aliphatic heterocycles. The van der Waals surface area contributed by atoms with E-state index in [4.69, 9.17) is 0 Å². The smallest absolute Gasteiger partial charge is 0.369 e. The van der Waals surface area contributed by atoms with Crippen LogP contribution >= 0.6 is 11.3 Å². The number of aromatic nitrogens is 1. The number of carbonyl (C=O) groups is 2. The fraction of sp³-hybridized carbons (Fsp3) is 0.258. The van der Waals surface area contributed by atoms with Crippen LogP contribution in [0.1, 0.15) is 37.4 Å². The van der Waals surface area contributed by atoms with E-state index in [0.29, 0.717) is 35.6 Å². The molecule has 2 aromatic carbocycles. The molecular formula is C31H30F3N5O2S. The van der Waals surface area contributed by atoms with Crippen molar-refractivity contribution in [2.24, 2.45) is 0 Å². The van der Waals surface area contributed by atoms with Gasteiger partial charge in [-0.05, 0) is 79.9 Å². The predicted octanol–water partition coefficient (Wildman–Crippen LogP) is 6.70. The fourth-order valence-electron chi connectivity index (χ4n) is 4.67. The van der Waals surface area contributed by atoms with Gasteiger partial charge in [-0.3, -0.25) is 14.6 Å². The minimum Gasteiger partial charge on any atom is -0.369 e. The Bertz CT molecular complexity index is 1630. The van der Waals surface area contributed by atoms with Gasteiger partial charge in [-0.15, -0.1) is 11.3 Å². The fourth-order valence-corrected chi connectivity index (χ4v) is 5.55. The van der Waals surface area contributed by atoms with Gasteiger partial charge in [0.1, 0.15) is 0 Å². The Labute approximate surface area is 246 Å². The molecule has 218 valence electrons. The summed E-state index contributed by atoms with van der Waals surface area (Å²) in [6.45, 7) is 6.40. The highest BCUT2D eigenvalue weighted by atomic mass is 32.1. The maximum absolute atomic E-state index is 13.7. The van der Waals surface area contributed by atoms with Gasteiger partial charge in [0.2, 0.25) is 0 Å². The molecule has 2 amide bonds. The number of pyridine rings is 1. The van der Waals surface area contributed by atoms with Crippen molar-refractivity contribution in [3.05, 3.63) is 94.1 Å². The van der Waals surface area contributed by atoms with E-state index in [1.54, 1.807) is 48.7 Å². The van der Waals surface area contributed by atoms with E-state index in [1.807, 2.05) is 30.3 Å². The van der Waals surface area contributed by atoms with Crippen LogP contribution in [0.15, 0.2) is 66.3 Å². The average molecular weight is 594 g/mol. The molecule has 5 rings (SSSR count). The molecule has 2 N–H and O–H groups in total. The molecule has 42 heavy (non-hydrogen) atoms. The van der Waals surface area contributed by atoms with Crippen molar-refractivity contribution in [3.63, 3.8) is 0 Å². The van der Waals surface area contributed by atoms with Gasteiger partial charge < -0.3 is 20.4 Å². The number of benzene rings is 2. The number of carbonyl (C=O) groups excluding carboxylic acids is 2. The summed E-state index contributed by atoms with van der Waals surface area (Å²) in [5, 5.41) is 7.48. The first-order valence-electron chi connectivity index (χ1n) is 13.4. The maximum Gasteiger partial charge on any atom is 0.416 e. The number of anilines is 3. The zero-order chi connectivity index (χ0) is 30.0. The predicted molar refractivity (Wildman–Crippen MR) is 161 cm³/mol. The maximum atomic E-state index is 13.7. The molecule has 1 fully saturated rings. The van der Waals surface area contributed by atoms with Crippen LogP contribution in [0.4, 0.5) is 30.2 Å². The third kappa shape index (κ3) is 6.80. The quantitative estimate of drug-likeness (QED) is 0.260. The first kappa shape index (κ1) is 29.3. The van der Waals surface area contributed by atoms with E-state index in [9.17, 15) is 22.8 Å². The lowest BCUT2D eigenvalue weighted by Crippen LogP contribution is -2.44. The van der Waals surface area contributed by atoms with Gasteiger partial charge in [0.05, 0.1) is 11.1 Å². The summed E-state index contributed by atoms with van der Waals surface area (Å²) < 4.78 is 41.2. The number of amides is 2. The molecule has 1 saturated heterocycles. The monoisotopic (exact) mass is 593 g/mol. The Morgan fingerprint density at radius 1 is 0.881 bits per heavy atom. The Morgan fingerprint density at radius 2 is 1.62 bits per heavy atom. The topological polar surface area (TPSA) is 77.6 Å². The molecule has 0 atom stereocenters. The molecule has 0 aliphatic carbocycles. The van der Waals surface area contributed by atoms with Gasteiger partial charge in [0.15, 0.2) is 0 Å². The average Bonchev–Trinajstić information content (AvgIpc) is 3.40. The largest absolute Gasteiger partial charge is 0.416 e. The number of rotatable bonds is 6. The summed E-state index contributed by atoms with van der Waals surface area (Å²) in [6, 6.07) is 12.1. The molecule has 7 nitrogen and oxygen atoms in total. The number of nitrogens with one attached hydrogen (secondary N) is 2. The molecule has 0 radical (unpaired) electrons. The SMILES string of the molecule is Cc1csc(-c2cncc(C(=O)Nc3cc(C(=O)Nc4cc(N5CCN(C)CC5)cc(C(F)(F)F)c4)ccc3C)c2)c1. The second-order valence-electron chi connectivity index (χ2n) is 10.4. The molecule has 2 aromatic heterocycles. The Morgan fingerprint density at radius 3 is 2.31 bits per heavy atom. The molecule has 0 spiro atoms. The lowest BCUT2D eigenvalue weighted by Gasteiger charge is -2.34. The van der Waals surface area contributed by atoms with Crippen LogP contribution in [0.25, 0.3) is 10.4 Å². The summed E-state index contributed by atoms with van der Waals surface area (Å²) >= 11 is 1.56. The van der Waals surface area contributed by atoms with Gasteiger partial charge in [-0.25, -0.2) is 0 Å². The van der Waals surface area contributed by atoms with Gasteiger partial charge in [-0.2, -0.15) is 13.2 Å². The Kier molecular flexibility index (Phi) is 8.33. The summed E-state index contributed by atoms with van der Waals surface area (Å²) in [5.41, 5.74) is 3.23. The lowest BCUT2D eigenvalue weighted by atomic mass is 10.1. The first-order valence-corrected chi connectivity index (χ1v) is 14.2. The van der Waals surface area contributed by atoms with Crippen LogP contribution in [0.3, 0.4) is 0 Å². The number of alkyl halides is 3. The number of hydrogen-bond acceptors (Lipinski definition) is 6. The number of hydrogen-bond donors (Lipinski definition) is 2. The minimum absolute atomic E-state index is 0.0432. The molecule has 4 aromatic rings. The zero-order valence-electron chi connectivity index (χ0n) is 23.4. The second kappa shape index (κ2) is 11.9. The van der Waals surface area contributed by atoms with Gasteiger partial charge in [0.25, 0.3) is 11.8 Å². The van der Waals surface area contributed by atoms with E-state index >= 15 is 0 Å². The van der Waals surface area contributed by atoms with E-state index in [-0.39, 0.29) is 11.3 Å². The molecule has 0 bridgehead atoms. The van der Waals surface area contributed by atoms with Crippen molar-refractivity contribution in [2.45, 2.75) is 20.0 Å². The van der Waals surface area contributed by atoms with Crippen molar-refractivity contribution in [1.29, 1.82) is 0 Å². The van der Waals surface area contributed by atoms with Crippen molar-refractivity contribution < 1.29 is 22.8 Å². The van der Waals surface area contributed by atoms with Crippen LogP contribution in [-0.4, -0.2) is 54.9 Å². The Balaban J connectivity index is 1.35. The summed E-state index contributed by atoms with van der Waals surface area (Å²) in [4.78, 5) is 35.5. The highest BCUT2D eigenvalue weighted by molar-refractivity contribution is 7.13. The van der Waals surface area contributed by atoms with Gasteiger partial charge in [-0.1, -0.05) is 6.07 Å². The van der Waals surface area contributed by atoms with Crippen LogP contribution in [-0.2, 0) is 6.18 Å². The second-order valence-corrected chi connectivity index (χ2v) is 11.4. The van der Waals surface area contributed by atoms with Crippen LogP contribution in [0.2, 0.25) is 0 Å². The van der Waals surface area contributed by atoms with Gasteiger partial charge >= 0.3 is 6.18 Å². The number of aryl methyl sites for hydroxylation is 2. The summed E-state index contributed by atoms with van der Waals surface area (Å²) in [7, 11) is 1.97. The van der Waals surface area contributed by atoms with Crippen molar-refractivity contribution in [2.75, 3.05) is 48.8 Å². The third-order valence-corrected chi connectivity index (χ3v) is 8.23. The lowest BCUT2D eigenvalue weighted by molar-refractivity contribution is -0.137.